The summed E-state index contributed by atoms with van der Waals surface area (Å²) in [5.41, 5.74) is 0.460. The number of hydrogen-bond donors (Lipinski definition) is 3. The highest BCUT2D eigenvalue weighted by molar-refractivity contribution is 7.80. The predicted octanol–water partition coefficient (Wildman–Crippen LogP) is 2.36. The normalized spacial score (nSPS) is 10.4. The SMILES string of the molecule is CNc1c(S)[nH]c(=S)n(-c2ccc(F)cc2)c1=O. The van der Waals surface area contributed by atoms with Gasteiger partial charge in [-0.15, -0.1) is 12.6 Å². The highest BCUT2D eigenvalue weighted by atomic mass is 32.1. The van der Waals surface area contributed by atoms with Crippen molar-refractivity contribution in [2.45, 2.75) is 5.03 Å². The van der Waals surface area contributed by atoms with Crippen molar-refractivity contribution < 1.29 is 4.39 Å². The highest BCUT2D eigenvalue weighted by Gasteiger charge is 2.10. The van der Waals surface area contributed by atoms with Gasteiger partial charge in [-0.2, -0.15) is 0 Å². The average molecular weight is 283 g/mol. The summed E-state index contributed by atoms with van der Waals surface area (Å²) in [4.78, 5) is 15.0. The van der Waals surface area contributed by atoms with Crippen LogP contribution in [-0.2, 0) is 0 Å². The summed E-state index contributed by atoms with van der Waals surface area (Å²) in [5.74, 6) is -0.374. The number of nitrogens with zero attached hydrogens (tertiary/aromatic N) is 1. The average Bonchev–Trinajstić information content (AvgIpc) is 2.31. The zero-order chi connectivity index (χ0) is 13.3. The van der Waals surface area contributed by atoms with E-state index in [1.165, 1.54) is 28.8 Å². The van der Waals surface area contributed by atoms with E-state index in [2.05, 4.69) is 22.9 Å². The van der Waals surface area contributed by atoms with E-state index in [1.54, 1.807) is 7.05 Å². The van der Waals surface area contributed by atoms with E-state index in [1.807, 2.05) is 0 Å². The maximum absolute atomic E-state index is 12.9. The second-order valence-electron chi connectivity index (χ2n) is 3.52. The van der Waals surface area contributed by atoms with Crippen molar-refractivity contribution in [3.05, 3.63) is 45.2 Å². The smallest absolute Gasteiger partial charge is 0.283 e. The van der Waals surface area contributed by atoms with E-state index in [4.69, 9.17) is 12.2 Å². The number of H-pyrrole nitrogens is 1. The summed E-state index contributed by atoms with van der Waals surface area (Å²) in [5, 5.41) is 3.12. The van der Waals surface area contributed by atoms with E-state index in [0.29, 0.717) is 16.4 Å². The van der Waals surface area contributed by atoms with Crippen LogP contribution >= 0.6 is 24.8 Å². The number of thiol groups is 1. The maximum Gasteiger partial charge on any atom is 0.283 e. The number of aromatic nitrogens is 2. The summed E-state index contributed by atoms with van der Waals surface area (Å²) in [6.45, 7) is 0. The highest BCUT2D eigenvalue weighted by Crippen LogP contribution is 2.14. The fourth-order valence-corrected chi connectivity index (χ4v) is 2.25. The minimum atomic E-state index is -0.374. The van der Waals surface area contributed by atoms with Gasteiger partial charge in [-0.1, -0.05) is 0 Å². The minimum Gasteiger partial charge on any atom is -0.382 e. The first-order chi connectivity index (χ1) is 8.54. The quantitative estimate of drug-likeness (QED) is 0.450. The lowest BCUT2D eigenvalue weighted by atomic mass is 10.3. The lowest BCUT2D eigenvalue weighted by Gasteiger charge is -2.10. The molecular formula is C11H10FN3OS2. The molecule has 1 aromatic carbocycles. The molecule has 4 nitrogen and oxygen atoms in total. The Labute approximate surface area is 113 Å². The molecule has 0 fully saturated rings. The fourth-order valence-electron chi connectivity index (χ4n) is 1.58. The molecule has 2 N–H and O–H groups in total. The third-order valence-corrected chi connectivity index (χ3v) is 3.04. The van der Waals surface area contributed by atoms with E-state index < -0.39 is 0 Å². The minimum absolute atomic E-state index is 0.204. The summed E-state index contributed by atoms with van der Waals surface area (Å²) >= 11 is 9.22. The summed E-state index contributed by atoms with van der Waals surface area (Å²) in [6, 6.07) is 5.50. The van der Waals surface area contributed by atoms with E-state index >= 15 is 0 Å². The Morgan fingerprint density at radius 2 is 2.00 bits per heavy atom. The molecule has 0 unspecified atom stereocenters. The Hall–Kier alpha value is -1.60. The van der Waals surface area contributed by atoms with E-state index in [9.17, 15) is 9.18 Å². The summed E-state index contributed by atoms with van der Waals surface area (Å²) < 4.78 is 14.3. The van der Waals surface area contributed by atoms with Gasteiger partial charge in [0, 0.05) is 7.05 Å². The van der Waals surface area contributed by atoms with Gasteiger partial charge in [-0.05, 0) is 36.5 Å². The Bertz CT molecular complexity index is 691. The maximum atomic E-state index is 12.9. The second-order valence-corrected chi connectivity index (χ2v) is 4.35. The molecule has 0 atom stereocenters. The molecule has 0 aliphatic carbocycles. The Balaban J connectivity index is 2.76. The lowest BCUT2D eigenvalue weighted by molar-refractivity contribution is 0.627. The van der Waals surface area contributed by atoms with Gasteiger partial charge >= 0.3 is 0 Å². The molecule has 1 aromatic heterocycles. The number of halogens is 1. The van der Waals surface area contributed by atoms with Crippen molar-refractivity contribution >= 4 is 30.5 Å². The monoisotopic (exact) mass is 283 g/mol. The van der Waals surface area contributed by atoms with E-state index in [-0.39, 0.29) is 16.1 Å². The molecule has 0 radical (unpaired) electrons. The second kappa shape index (κ2) is 4.95. The van der Waals surface area contributed by atoms with Gasteiger partial charge in [-0.3, -0.25) is 9.36 Å². The topological polar surface area (TPSA) is 49.8 Å². The number of aromatic amines is 1. The molecule has 0 saturated carbocycles. The molecule has 0 aliphatic rings. The first-order valence-corrected chi connectivity index (χ1v) is 5.92. The number of hydrogen-bond acceptors (Lipinski definition) is 4. The van der Waals surface area contributed by atoms with Crippen LogP contribution in [0.4, 0.5) is 10.1 Å². The van der Waals surface area contributed by atoms with Crippen molar-refractivity contribution in [3.8, 4) is 5.69 Å². The molecule has 2 rings (SSSR count). The first-order valence-electron chi connectivity index (χ1n) is 5.06. The zero-order valence-corrected chi connectivity index (χ0v) is 11.1. The molecule has 0 amide bonds. The number of rotatable bonds is 2. The molecule has 7 heteroatoms. The van der Waals surface area contributed by atoms with Crippen LogP contribution in [0.2, 0.25) is 0 Å². The fraction of sp³-hybridized carbons (Fsp3) is 0.0909. The lowest BCUT2D eigenvalue weighted by Crippen LogP contribution is -2.23. The number of benzene rings is 1. The molecule has 18 heavy (non-hydrogen) atoms. The third-order valence-electron chi connectivity index (χ3n) is 2.42. The predicted molar refractivity (Wildman–Crippen MR) is 74.0 cm³/mol. The van der Waals surface area contributed by atoms with Gasteiger partial charge in [0.25, 0.3) is 5.56 Å². The van der Waals surface area contributed by atoms with Crippen molar-refractivity contribution in [1.29, 1.82) is 0 Å². The van der Waals surface area contributed by atoms with Crippen LogP contribution in [0, 0.1) is 10.6 Å². The van der Waals surface area contributed by atoms with Crippen molar-refractivity contribution in [2.75, 3.05) is 12.4 Å². The van der Waals surface area contributed by atoms with Crippen LogP contribution in [0.15, 0.2) is 34.1 Å². The van der Waals surface area contributed by atoms with Crippen LogP contribution in [0.5, 0.6) is 0 Å². The van der Waals surface area contributed by atoms with Crippen LogP contribution in [0.25, 0.3) is 5.69 Å². The molecule has 94 valence electrons. The van der Waals surface area contributed by atoms with E-state index in [0.717, 1.165) is 0 Å². The summed E-state index contributed by atoms with van der Waals surface area (Å²) in [6.07, 6.45) is 0. The van der Waals surface area contributed by atoms with Gasteiger partial charge in [-0.25, -0.2) is 4.39 Å². The standard InChI is InChI=1S/C11H10FN3OS2/c1-13-8-9(17)14-11(18)15(10(8)16)7-4-2-6(12)3-5-7/h2-5,13,17H,1H3,(H,14,18). The van der Waals surface area contributed by atoms with Gasteiger partial charge in [0.15, 0.2) is 4.77 Å². The molecule has 2 aromatic rings. The van der Waals surface area contributed by atoms with Crippen molar-refractivity contribution in [2.24, 2.45) is 0 Å². The Morgan fingerprint density at radius 1 is 1.39 bits per heavy atom. The van der Waals surface area contributed by atoms with Gasteiger partial charge in [0.05, 0.1) is 5.69 Å². The van der Waals surface area contributed by atoms with Crippen LogP contribution in [-0.4, -0.2) is 16.6 Å². The van der Waals surface area contributed by atoms with Crippen LogP contribution in [0.1, 0.15) is 0 Å². The van der Waals surface area contributed by atoms with Crippen molar-refractivity contribution in [3.63, 3.8) is 0 Å². The molecular weight excluding hydrogens is 273 g/mol. The molecule has 0 bridgehead atoms. The Kier molecular flexibility index (Phi) is 3.53. The first kappa shape index (κ1) is 12.8. The third kappa shape index (κ3) is 2.19. The summed E-state index contributed by atoms with van der Waals surface area (Å²) in [7, 11) is 1.61. The zero-order valence-electron chi connectivity index (χ0n) is 9.40. The number of anilines is 1. The van der Waals surface area contributed by atoms with Gasteiger partial charge in [0.1, 0.15) is 16.5 Å². The molecule has 1 heterocycles. The van der Waals surface area contributed by atoms with Gasteiger partial charge in [0.2, 0.25) is 0 Å². The Morgan fingerprint density at radius 3 is 2.56 bits per heavy atom. The molecule has 0 spiro atoms. The van der Waals surface area contributed by atoms with Crippen LogP contribution in [0.3, 0.4) is 0 Å². The van der Waals surface area contributed by atoms with Crippen LogP contribution < -0.4 is 10.9 Å². The number of nitrogens with one attached hydrogen (secondary N) is 2. The molecule has 0 saturated heterocycles. The van der Waals surface area contributed by atoms with Gasteiger partial charge < -0.3 is 10.3 Å². The molecule has 0 aliphatic heterocycles. The largest absolute Gasteiger partial charge is 0.382 e. The van der Waals surface area contributed by atoms with Crippen molar-refractivity contribution in [1.82, 2.24) is 9.55 Å².